The third kappa shape index (κ3) is 2.12. The molecule has 1 aliphatic rings. The molecule has 4 heteroatoms. The molecule has 16 heavy (non-hydrogen) atoms. The maximum absolute atomic E-state index is 11.3. The van der Waals surface area contributed by atoms with Crippen LogP contribution in [0.15, 0.2) is 29.4 Å². The van der Waals surface area contributed by atoms with Crippen LogP contribution in [0, 0.1) is 6.92 Å². The Balaban J connectivity index is 2.27. The van der Waals surface area contributed by atoms with Gasteiger partial charge in [0.05, 0.1) is 5.71 Å². The topological polar surface area (TPSA) is 52.9 Å². The van der Waals surface area contributed by atoms with Crippen molar-refractivity contribution in [1.29, 1.82) is 0 Å². The van der Waals surface area contributed by atoms with E-state index in [0.29, 0.717) is 12.8 Å². The molecule has 1 aromatic carbocycles. The lowest BCUT2D eigenvalue weighted by Gasteiger charge is -2.21. The van der Waals surface area contributed by atoms with E-state index >= 15 is 0 Å². The zero-order valence-electron chi connectivity index (χ0n) is 9.18. The van der Waals surface area contributed by atoms with Crippen LogP contribution >= 0.6 is 0 Å². The molecule has 0 fully saturated rings. The van der Waals surface area contributed by atoms with Gasteiger partial charge in [-0.3, -0.25) is 4.79 Å². The third-order valence-corrected chi connectivity index (χ3v) is 2.62. The van der Waals surface area contributed by atoms with Gasteiger partial charge >= 0.3 is 0 Å². The summed E-state index contributed by atoms with van der Waals surface area (Å²) in [6.07, 6.45) is 1.05. The highest BCUT2D eigenvalue weighted by molar-refractivity contribution is 6.04. The molecule has 0 aliphatic carbocycles. The average Bonchev–Trinajstić information content (AvgIpc) is 2.31. The molecular weight excluding hydrogens is 204 g/mol. The van der Waals surface area contributed by atoms with Crippen molar-refractivity contribution in [1.82, 2.24) is 5.01 Å². The summed E-state index contributed by atoms with van der Waals surface area (Å²) in [6.45, 7) is 1.67. The SMILES string of the molecule is Cc1ccc(C2=NN(CO)C(=O)CC2)cc1. The van der Waals surface area contributed by atoms with Gasteiger partial charge in [0.15, 0.2) is 0 Å². The third-order valence-electron chi connectivity index (χ3n) is 2.62. The number of rotatable bonds is 2. The number of carbonyl (C=O) groups is 1. The van der Waals surface area contributed by atoms with Crippen LogP contribution in [-0.4, -0.2) is 28.5 Å². The molecule has 4 nitrogen and oxygen atoms in total. The standard InChI is InChI=1S/C12H14N2O2/c1-9-2-4-10(5-3-9)11-6-7-12(16)14(8-15)13-11/h2-5,15H,6-8H2,1H3. The van der Waals surface area contributed by atoms with Gasteiger partial charge in [-0.15, -0.1) is 0 Å². The molecule has 0 saturated carbocycles. The lowest BCUT2D eigenvalue weighted by atomic mass is 10.0. The molecule has 1 heterocycles. The summed E-state index contributed by atoms with van der Waals surface area (Å²) in [5.74, 6) is -0.127. The highest BCUT2D eigenvalue weighted by Crippen LogP contribution is 2.15. The van der Waals surface area contributed by atoms with E-state index in [2.05, 4.69) is 5.10 Å². The van der Waals surface area contributed by atoms with Crippen molar-refractivity contribution < 1.29 is 9.90 Å². The van der Waals surface area contributed by atoms with Gasteiger partial charge in [-0.25, -0.2) is 5.01 Å². The van der Waals surface area contributed by atoms with Gasteiger partial charge < -0.3 is 5.11 Å². The van der Waals surface area contributed by atoms with E-state index < -0.39 is 0 Å². The van der Waals surface area contributed by atoms with E-state index in [1.54, 1.807) is 0 Å². The van der Waals surface area contributed by atoms with Crippen LogP contribution in [0.1, 0.15) is 24.0 Å². The number of hydrogen-bond acceptors (Lipinski definition) is 3. The number of hydrazone groups is 1. The Labute approximate surface area is 94.2 Å². The number of carbonyl (C=O) groups excluding carboxylic acids is 1. The van der Waals surface area contributed by atoms with Crippen molar-refractivity contribution in [2.75, 3.05) is 6.73 Å². The predicted molar refractivity (Wildman–Crippen MR) is 60.9 cm³/mol. The Hall–Kier alpha value is -1.68. The van der Waals surface area contributed by atoms with Gasteiger partial charge in [0.25, 0.3) is 0 Å². The van der Waals surface area contributed by atoms with Gasteiger partial charge in [0.2, 0.25) is 5.91 Å². The quantitative estimate of drug-likeness (QED) is 0.812. The van der Waals surface area contributed by atoms with Crippen LogP contribution in [0.4, 0.5) is 0 Å². The number of aliphatic hydroxyl groups is 1. The van der Waals surface area contributed by atoms with E-state index in [1.165, 1.54) is 5.56 Å². The van der Waals surface area contributed by atoms with Gasteiger partial charge in [0.1, 0.15) is 6.73 Å². The molecule has 0 saturated heterocycles. The van der Waals surface area contributed by atoms with Crippen molar-refractivity contribution in [3.05, 3.63) is 35.4 Å². The molecule has 1 N–H and O–H groups in total. The number of aryl methyl sites for hydroxylation is 1. The molecule has 0 radical (unpaired) electrons. The second-order valence-corrected chi connectivity index (χ2v) is 3.85. The molecule has 1 aliphatic heterocycles. The predicted octanol–water partition coefficient (Wildman–Crippen LogP) is 1.27. The maximum atomic E-state index is 11.3. The van der Waals surface area contributed by atoms with Gasteiger partial charge in [0, 0.05) is 12.8 Å². The normalized spacial score (nSPS) is 16.2. The minimum atomic E-state index is -0.353. The minimum Gasteiger partial charge on any atom is -0.374 e. The average molecular weight is 218 g/mol. The van der Waals surface area contributed by atoms with Crippen LogP contribution in [0.3, 0.4) is 0 Å². The van der Waals surface area contributed by atoms with E-state index in [-0.39, 0.29) is 12.6 Å². The van der Waals surface area contributed by atoms with Gasteiger partial charge in [-0.2, -0.15) is 5.10 Å². The Morgan fingerprint density at radius 3 is 2.62 bits per heavy atom. The molecule has 0 bridgehead atoms. The molecule has 2 rings (SSSR count). The Bertz CT molecular complexity index is 423. The second kappa shape index (κ2) is 4.45. The number of aliphatic hydroxyl groups excluding tert-OH is 1. The first-order valence-corrected chi connectivity index (χ1v) is 5.26. The summed E-state index contributed by atoms with van der Waals surface area (Å²) in [6, 6.07) is 7.99. The summed E-state index contributed by atoms with van der Waals surface area (Å²) in [5, 5.41) is 14.2. The minimum absolute atomic E-state index is 0.127. The molecule has 0 aromatic heterocycles. The van der Waals surface area contributed by atoms with E-state index in [9.17, 15) is 4.79 Å². The molecule has 0 unspecified atom stereocenters. The Morgan fingerprint density at radius 1 is 1.31 bits per heavy atom. The fraction of sp³-hybridized carbons (Fsp3) is 0.333. The van der Waals surface area contributed by atoms with Crippen LogP contribution in [0.25, 0.3) is 0 Å². The summed E-state index contributed by atoms with van der Waals surface area (Å²) >= 11 is 0. The Morgan fingerprint density at radius 2 is 2.00 bits per heavy atom. The molecule has 0 atom stereocenters. The van der Waals surface area contributed by atoms with Crippen molar-refractivity contribution in [3.8, 4) is 0 Å². The number of amides is 1. The number of nitrogens with zero attached hydrogens (tertiary/aromatic N) is 2. The lowest BCUT2D eigenvalue weighted by Crippen LogP contribution is -2.32. The van der Waals surface area contributed by atoms with E-state index in [1.807, 2.05) is 31.2 Å². The summed E-state index contributed by atoms with van der Waals surface area (Å²) in [5.41, 5.74) is 3.06. The van der Waals surface area contributed by atoms with Gasteiger partial charge in [-0.05, 0) is 12.5 Å². The van der Waals surface area contributed by atoms with Crippen molar-refractivity contribution in [2.45, 2.75) is 19.8 Å². The maximum Gasteiger partial charge on any atom is 0.245 e. The first kappa shape index (κ1) is 10.8. The van der Waals surface area contributed by atoms with Crippen molar-refractivity contribution in [3.63, 3.8) is 0 Å². The molecule has 84 valence electrons. The van der Waals surface area contributed by atoms with E-state index in [4.69, 9.17) is 5.11 Å². The first-order valence-electron chi connectivity index (χ1n) is 5.26. The van der Waals surface area contributed by atoms with Crippen LogP contribution in [0.5, 0.6) is 0 Å². The van der Waals surface area contributed by atoms with Gasteiger partial charge in [-0.1, -0.05) is 29.8 Å². The van der Waals surface area contributed by atoms with Crippen LogP contribution < -0.4 is 0 Å². The zero-order valence-corrected chi connectivity index (χ0v) is 9.18. The monoisotopic (exact) mass is 218 g/mol. The molecular formula is C12H14N2O2. The van der Waals surface area contributed by atoms with E-state index in [0.717, 1.165) is 16.3 Å². The fourth-order valence-electron chi connectivity index (χ4n) is 1.66. The zero-order chi connectivity index (χ0) is 11.5. The largest absolute Gasteiger partial charge is 0.374 e. The summed E-state index contributed by atoms with van der Waals surface area (Å²) in [7, 11) is 0. The first-order chi connectivity index (χ1) is 7.70. The summed E-state index contributed by atoms with van der Waals surface area (Å²) < 4.78 is 0. The lowest BCUT2D eigenvalue weighted by molar-refractivity contribution is -0.135. The Kier molecular flexibility index (Phi) is 3.01. The highest BCUT2D eigenvalue weighted by atomic mass is 16.3. The molecule has 1 aromatic rings. The summed E-state index contributed by atoms with van der Waals surface area (Å²) in [4.78, 5) is 11.3. The fourth-order valence-corrected chi connectivity index (χ4v) is 1.66. The second-order valence-electron chi connectivity index (χ2n) is 3.85. The number of hydrogen-bond donors (Lipinski definition) is 1. The van der Waals surface area contributed by atoms with Crippen LogP contribution in [0.2, 0.25) is 0 Å². The smallest absolute Gasteiger partial charge is 0.245 e. The number of benzene rings is 1. The molecule has 0 spiro atoms. The van der Waals surface area contributed by atoms with Crippen molar-refractivity contribution >= 4 is 11.6 Å². The van der Waals surface area contributed by atoms with Crippen molar-refractivity contribution in [2.24, 2.45) is 5.10 Å². The van der Waals surface area contributed by atoms with Crippen LogP contribution in [-0.2, 0) is 4.79 Å². The highest BCUT2D eigenvalue weighted by Gasteiger charge is 2.20. The molecule has 1 amide bonds.